The molecule has 1 spiro atoms. The summed E-state index contributed by atoms with van der Waals surface area (Å²) in [6.07, 6.45) is 11.8. The van der Waals surface area contributed by atoms with Gasteiger partial charge in [-0.1, -0.05) is 49.9 Å². The Kier molecular flexibility index (Phi) is 2.98. The van der Waals surface area contributed by atoms with E-state index in [1.165, 1.54) is 56.9 Å². The van der Waals surface area contributed by atoms with Crippen LogP contribution < -0.4 is 0 Å². The minimum atomic E-state index is 0.685. The fourth-order valence-corrected chi connectivity index (χ4v) is 4.46. The Balaban J connectivity index is 1.94. The second-order valence-electron chi connectivity index (χ2n) is 6.22. The number of rotatable bonds is 1. The Labute approximate surface area is 105 Å². The fraction of sp³-hybridized carbons (Fsp3) is 0.647. The van der Waals surface area contributed by atoms with Gasteiger partial charge in [-0.3, -0.25) is 0 Å². The molecule has 1 aromatic rings. The van der Waals surface area contributed by atoms with Crippen molar-refractivity contribution in [1.29, 1.82) is 0 Å². The van der Waals surface area contributed by atoms with Gasteiger partial charge in [0.25, 0.3) is 0 Å². The molecule has 0 heteroatoms. The Morgan fingerprint density at radius 2 is 1.65 bits per heavy atom. The van der Waals surface area contributed by atoms with Crippen molar-refractivity contribution < 1.29 is 0 Å². The Bertz CT molecular complexity index is 385. The monoisotopic (exact) mass is 228 g/mol. The molecule has 92 valence electrons. The lowest BCUT2D eigenvalue weighted by atomic mass is 9.65. The predicted octanol–water partition coefficient (Wildman–Crippen LogP) is 5.21. The fourth-order valence-electron chi connectivity index (χ4n) is 4.46. The summed E-state index contributed by atoms with van der Waals surface area (Å²) < 4.78 is 0. The highest BCUT2D eigenvalue weighted by Gasteiger charge is 2.43. The van der Waals surface area contributed by atoms with Crippen molar-refractivity contribution in [3.05, 3.63) is 35.4 Å². The largest absolute Gasteiger partial charge is 0.0620 e. The van der Waals surface area contributed by atoms with E-state index in [4.69, 9.17) is 0 Å². The van der Waals surface area contributed by atoms with Crippen LogP contribution in [0.4, 0.5) is 0 Å². The SMILES string of the molecule is Cc1ccccc1C1CCCC12CCCCC2. The van der Waals surface area contributed by atoms with Crippen LogP contribution >= 0.6 is 0 Å². The summed E-state index contributed by atoms with van der Waals surface area (Å²) in [7, 11) is 0. The maximum absolute atomic E-state index is 2.39. The molecule has 0 amide bonds. The number of aryl methyl sites for hydroxylation is 1. The first-order chi connectivity index (χ1) is 8.32. The van der Waals surface area contributed by atoms with Crippen LogP contribution in [-0.4, -0.2) is 0 Å². The van der Waals surface area contributed by atoms with Crippen LogP contribution in [0.15, 0.2) is 24.3 Å². The second kappa shape index (κ2) is 4.48. The molecular weight excluding hydrogens is 204 g/mol. The highest BCUT2D eigenvalue weighted by atomic mass is 14.5. The van der Waals surface area contributed by atoms with Crippen LogP contribution in [0.1, 0.15) is 68.4 Å². The first kappa shape index (κ1) is 11.3. The molecule has 0 N–H and O–H groups in total. The van der Waals surface area contributed by atoms with Crippen LogP contribution in [0.3, 0.4) is 0 Å². The lowest BCUT2D eigenvalue weighted by Crippen LogP contribution is -2.27. The van der Waals surface area contributed by atoms with E-state index in [-0.39, 0.29) is 0 Å². The highest BCUT2D eigenvalue weighted by molar-refractivity contribution is 5.32. The number of benzene rings is 1. The molecule has 0 radical (unpaired) electrons. The lowest BCUT2D eigenvalue weighted by Gasteiger charge is -2.40. The standard InChI is InChI=1S/C17H24/c1-14-8-3-4-9-15(14)16-10-7-13-17(16)11-5-2-6-12-17/h3-4,8-9,16H,2,5-7,10-13H2,1H3. The van der Waals surface area contributed by atoms with E-state index in [0.29, 0.717) is 5.41 Å². The predicted molar refractivity (Wildman–Crippen MR) is 73.3 cm³/mol. The lowest BCUT2D eigenvalue weighted by molar-refractivity contribution is 0.169. The van der Waals surface area contributed by atoms with Gasteiger partial charge in [-0.25, -0.2) is 0 Å². The van der Waals surface area contributed by atoms with E-state index >= 15 is 0 Å². The zero-order valence-electron chi connectivity index (χ0n) is 11.0. The van der Waals surface area contributed by atoms with Gasteiger partial charge in [0.15, 0.2) is 0 Å². The normalized spacial score (nSPS) is 27.5. The molecule has 2 aliphatic rings. The zero-order valence-corrected chi connectivity index (χ0v) is 11.0. The Hall–Kier alpha value is -0.780. The molecule has 0 bridgehead atoms. The summed E-state index contributed by atoms with van der Waals surface area (Å²) in [6.45, 7) is 2.30. The molecular formula is C17H24. The van der Waals surface area contributed by atoms with Crippen LogP contribution in [0.25, 0.3) is 0 Å². The van der Waals surface area contributed by atoms with Gasteiger partial charge >= 0.3 is 0 Å². The van der Waals surface area contributed by atoms with E-state index in [0.717, 1.165) is 5.92 Å². The third-order valence-corrected chi connectivity index (χ3v) is 5.32. The van der Waals surface area contributed by atoms with Crippen molar-refractivity contribution in [1.82, 2.24) is 0 Å². The van der Waals surface area contributed by atoms with Crippen molar-refractivity contribution in [3.63, 3.8) is 0 Å². The molecule has 1 unspecified atom stereocenters. The van der Waals surface area contributed by atoms with Crippen LogP contribution in [0.5, 0.6) is 0 Å². The first-order valence-corrected chi connectivity index (χ1v) is 7.37. The van der Waals surface area contributed by atoms with Gasteiger partial charge in [0, 0.05) is 0 Å². The molecule has 0 heterocycles. The average molecular weight is 228 g/mol. The average Bonchev–Trinajstić information content (AvgIpc) is 2.74. The van der Waals surface area contributed by atoms with Crippen molar-refractivity contribution in [2.75, 3.05) is 0 Å². The zero-order chi connectivity index (χ0) is 11.7. The molecule has 1 atom stereocenters. The van der Waals surface area contributed by atoms with Crippen molar-refractivity contribution in [3.8, 4) is 0 Å². The quantitative estimate of drug-likeness (QED) is 0.618. The molecule has 0 aliphatic heterocycles. The van der Waals surface area contributed by atoms with E-state index in [2.05, 4.69) is 31.2 Å². The molecule has 2 saturated carbocycles. The van der Waals surface area contributed by atoms with E-state index in [1.807, 2.05) is 0 Å². The molecule has 17 heavy (non-hydrogen) atoms. The smallest absolute Gasteiger partial charge is 0.0103 e. The van der Waals surface area contributed by atoms with Gasteiger partial charge in [0.1, 0.15) is 0 Å². The van der Waals surface area contributed by atoms with Crippen LogP contribution in [-0.2, 0) is 0 Å². The molecule has 3 rings (SSSR count). The topological polar surface area (TPSA) is 0 Å². The number of hydrogen-bond acceptors (Lipinski definition) is 0. The molecule has 2 fully saturated rings. The maximum atomic E-state index is 2.39. The Morgan fingerprint density at radius 1 is 0.941 bits per heavy atom. The third-order valence-electron chi connectivity index (χ3n) is 5.32. The van der Waals surface area contributed by atoms with E-state index < -0.39 is 0 Å². The molecule has 0 aromatic heterocycles. The first-order valence-electron chi connectivity index (χ1n) is 7.37. The summed E-state index contributed by atoms with van der Waals surface area (Å²) in [5, 5.41) is 0. The highest BCUT2D eigenvalue weighted by Crippen LogP contribution is 2.57. The van der Waals surface area contributed by atoms with Gasteiger partial charge in [-0.05, 0) is 55.1 Å². The summed E-state index contributed by atoms with van der Waals surface area (Å²) >= 11 is 0. The van der Waals surface area contributed by atoms with E-state index in [1.54, 1.807) is 5.56 Å². The van der Waals surface area contributed by atoms with E-state index in [9.17, 15) is 0 Å². The van der Waals surface area contributed by atoms with Crippen molar-refractivity contribution in [2.45, 2.75) is 64.2 Å². The van der Waals surface area contributed by atoms with Crippen molar-refractivity contribution >= 4 is 0 Å². The summed E-state index contributed by atoms with van der Waals surface area (Å²) in [5.41, 5.74) is 3.86. The van der Waals surface area contributed by atoms with Gasteiger partial charge in [-0.2, -0.15) is 0 Å². The van der Waals surface area contributed by atoms with Gasteiger partial charge in [-0.15, -0.1) is 0 Å². The van der Waals surface area contributed by atoms with Crippen molar-refractivity contribution in [2.24, 2.45) is 5.41 Å². The minimum Gasteiger partial charge on any atom is -0.0620 e. The summed E-state index contributed by atoms with van der Waals surface area (Å²) in [5.74, 6) is 0.865. The number of hydrogen-bond donors (Lipinski definition) is 0. The summed E-state index contributed by atoms with van der Waals surface area (Å²) in [6, 6.07) is 9.10. The Morgan fingerprint density at radius 3 is 2.41 bits per heavy atom. The molecule has 2 aliphatic carbocycles. The summed E-state index contributed by atoms with van der Waals surface area (Å²) in [4.78, 5) is 0. The second-order valence-corrected chi connectivity index (χ2v) is 6.22. The van der Waals surface area contributed by atoms with Gasteiger partial charge < -0.3 is 0 Å². The van der Waals surface area contributed by atoms with Crippen LogP contribution in [0, 0.1) is 12.3 Å². The minimum absolute atomic E-state index is 0.685. The maximum Gasteiger partial charge on any atom is -0.0103 e. The third kappa shape index (κ3) is 1.92. The molecule has 1 aromatic carbocycles. The van der Waals surface area contributed by atoms with Gasteiger partial charge in [0.05, 0.1) is 0 Å². The molecule has 0 saturated heterocycles. The molecule has 0 nitrogen and oxygen atoms in total. The van der Waals surface area contributed by atoms with Gasteiger partial charge in [0.2, 0.25) is 0 Å². The van der Waals surface area contributed by atoms with Crippen LogP contribution in [0.2, 0.25) is 0 Å².